The van der Waals surface area contributed by atoms with Crippen molar-refractivity contribution < 1.29 is 23.8 Å². The summed E-state index contributed by atoms with van der Waals surface area (Å²) in [5.74, 6) is -0.170. The molecule has 2 aromatic carbocycles. The van der Waals surface area contributed by atoms with Crippen LogP contribution < -0.4 is 10.1 Å². The molecule has 1 amide bonds. The first-order valence-corrected chi connectivity index (χ1v) is 8.87. The summed E-state index contributed by atoms with van der Waals surface area (Å²) in [4.78, 5) is 24.2. The molecular weight excluding hydrogens is 358 g/mol. The van der Waals surface area contributed by atoms with E-state index in [4.69, 9.17) is 14.2 Å². The summed E-state index contributed by atoms with van der Waals surface area (Å²) < 4.78 is 16.2. The first-order chi connectivity index (χ1) is 13.3. The normalized spacial score (nSPS) is 10.7. The van der Waals surface area contributed by atoms with Crippen LogP contribution in [0.5, 0.6) is 5.75 Å². The first kappa shape index (κ1) is 21.0. The van der Waals surface area contributed by atoms with Crippen LogP contribution in [-0.4, -0.2) is 24.3 Å². The monoisotopic (exact) mass is 383 g/mol. The highest BCUT2D eigenvalue weighted by molar-refractivity contribution is 5.93. The van der Waals surface area contributed by atoms with E-state index in [1.54, 1.807) is 32.9 Å². The van der Waals surface area contributed by atoms with E-state index >= 15 is 0 Å². The van der Waals surface area contributed by atoms with Crippen LogP contribution >= 0.6 is 0 Å². The number of hydrogen-bond donors (Lipinski definition) is 1. The number of esters is 1. The summed E-state index contributed by atoms with van der Waals surface area (Å²) >= 11 is 0. The van der Waals surface area contributed by atoms with Gasteiger partial charge in [-0.25, -0.2) is 9.59 Å². The molecule has 6 nitrogen and oxygen atoms in total. The van der Waals surface area contributed by atoms with E-state index in [1.165, 1.54) is 12.1 Å². The maximum Gasteiger partial charge on any atom is 0.412 e. The lowest BCUT2D eigenvalue weighted by Crippen LogP contribution is -2.27. The molecule has 0 aromatic heterocycles. The number of nitrogens with one attached hydrogen (secondary N) is 1. The van der Waals surface area contributed by atoms with Crippen LogP contribution in [0.3, 0.4) is 0 Å². The number of amides is 1. The Morgan fingerprint density at radius 2 is 1.82 bits per heavy atom. The van der Waals surface area contributed by atoms with Gasteiger partial charge in [0.05, 0.1) is 11.3 Å². The molecule has 0 aliphatic carbocycles. The molecule has 6 heteroatoms. The summed E-state index contributed by atoms with van der Waals surface area (Å²) in [6.07, 6.45) is 0.877. The number of benzene rings is 2. The van der Waals surface area contributed by atoms with Crippen molar-refractivity contribution in [1.29, 1.82) is 0 Å². The zero-order chi connectivity index (χ0) is 20.6. The highest BCUT2D eigenvalue weighted by Crippen LogP contribution is 2.28. The molecule has 0 aliphatic heterocycles. The van der Waals surface area contributed by atoms with Crippen LogP contribution in [0.1, 0.15) is 36.7 Å². The van der Waals surface area contributed by atoms with Gasteiger partial charge >= 0.3 is 12.1 Å². The number of hydrogen-bond acceptors (Lipinski definition) is 5. The van der Waals surface area contributed by atoms with Crippen LogP contribution in [0.2, 0.25) is 0 Å². The lowest BCUT2D eigenvalue weighted by Gasteiger charge is -2.20. The molecule has 2 aromatic rings. The molecule has 0 radical (unpaired) electrons. The molecule has 28 heavy (non-hydrogen) atoms. The van der Waals surface area contributed by atoms with Crippen molar-refractivity contribution in [2.45, 2.75) is 33.0 Å². The minimum atomic E-state index is -0.635. The lowest BCUT2D eigenvalue weighted by atomic mass is 10.2. The molecule has 0 saturated carbocycles. The Morgan fingerprint density at radius 3 is 2.46 bits per heavy atom. The largest absolute Gasteiger partial charge is 0.487 e. The summed E-state index contributed by atoms with van der Waals surface area (Å²) in [6.45, 7) is 9.23. The van der Waals surface area contributed by atoms with Crippen molar-refractivity contribution >= 4 is 17.7 Å². The minimum Gasteiger partial charge on any atom is -0.487 e. The Morgan fingerprint density at radius 1 is 1.11 bits per heavy atom. The molecule has 0 atom stereocenters. The molecule has 0 heterocycles. The Hall–Kier alpha value is -3.28. The van der Waals surface area contributed by atoms with Crippen LogP contribution in [-0.2, 0) is 16.1 Å². The molecule has 2 rings (SSSR count). The zero-order valence-electron chi connectivity index (χ0n) is 16.4. The van der Waals surface area contributed by atoms with Crippen molar-refractivity contribution in [3.05, 3.63) is 72.3 Å². The molecule has 0 spiro atoms. The smallest absolute Gasteiger partial charge is 0.412 e. The number of anilines is 1. The minimum absolute atomic E-state index is 0.108. The summed E-state index contributed by atoms with van der Waals surface area (Å²) in [5, 5.41) is 2.66. The van der Waals surface area contributed by atoms with Gasteiger partial charge in [0, 0.05) is 0 Å². The standard InChI is InChI=1S/C22H25NO5/c1-5-13-26-20(24)17-11-12-18(23-21(25)28-22(2,3)4)19(14-17)27-15-16-9-7-6-8-10-16/h5-12,14H,1,13,15H2,2-4H3,(H,23,25). The molecule has 148 valence electrons. The van der Waals surface area contributed by atoms with E-state index in [0.717, 1.165) is 5.56 Å². The SMILES string of the molecule is C=CCOC(=O)c1ccc(NC(=O)OC(C)(C)C)c(OCc2ccccc2)c1. The highest BCUT2D eigenvalue weighted by Gasteiger charge is 2.19. The maximum absolute atomic E-state index is 12.1. The Labute approximate surface area is 165 Å². The van der Waals surface area contributed by atoms with Crippen molar-refractivity contribution in [1.82, 2.24) is 0 Å². The predicted molar refractivity (Wildman–Crippen MR) is 108 cm³/mol. The fraction of sp³-hybridized carbons (Fsp3) is 0.273. The van der Waals surface area contributed by atoms with E-state index in [1.807, 2.05) is 30.3 Å². The van der Waals surface area contributed by atoms with Crippen LogP contribution in [0.25, 0.3) is 0 Å². The highest BCUT2D eigenvalue weighted by atomic mass is 16.6. The van der Waals surface area contributed by atoms with Gasteiger partial charge in [-0.15, -0.1) is 0 Å². The van der Waals surface area contributed by atoms with Gasteiger partial charge in [-0.3, -0.25) is 5.32 Å². The molecular formula is C22H25NO5. The molecule has 0 unspecified atom stereocenters. The van der Waals surface area contributed by atoms with Crippen molar-refractivity contribution in [2.75, 3.05) is 11.9 Å². The maximum atomic E-state index is 12.1. The topological polar surface area (TPSA) is 73.9 Å². The third-order valence-electron chi connectivity index (χ3n) is 3.42. The Balaban J connectivity index is 2.22. The molecule has 1 N–H and O–H groups in total. The quantitative estimate of drug-likeness (QED) is 0.541. The fourth-order valence-corrected chi connectivity index (χ4v) is 2.24. The van der Waals surface area contributed by atoms with Gasteiger partial charge in [-0.2, -0.15) is 0 Å². The fourth-order valence-electron chi connectivity index (χ4n) is 2.24. The van der Waals surface area contributed by atoms with Crippen molar-refractivity contribution in [3.8, 4) is 5.75 Å². The van der Waals surface area contributed by atoms with E-state index in [-0.39, 0.29) is 13.2 Å². The first-order valence-electron chi connectivity index (χ1n) is 8.87. The van der Waals surface area contributed by atoms with E-state index in [9.17, 15) is 9.59 Å². The third-order valence-corrected chi connectivity index (χ3v) is 3.42. The molecule has 0 bridgehead atoms. The van der Waals surface area contributed by atoms with Gasteiger partial charge in [0.15, 0.2) is 0 Å². The summed E-state index contributed by atoms with van der Waals surface area (Å²) in [5.41, 5.74) is 1.01. The van der Waals surface area contributed by atoms with Gasteiger partial charge in [0.2, 0.25) is 0 Å². The van der Waals surface area contributed by atoms with Crippen LogP contribution in [0.15, 0.2) is 61.2 Å². The lowest BCUT2D eigenvalue weighted by molar-refractivity contribution is 0.0548. The van der Waals surface area contributed by atoms with E-state index in [2.05, 4.69) is 11.9 Å². The van der Waals surface area contributed by atoms with Gasteiger partial charge in [0.1, 0.15) is 24.6 Å². The third kappa shape index (κ3) is 6.79. The van der Waals surface area contributed by atoms with Gasteiger partial charge in [-0.05, 0) is 44.5 Å². The zero-order valence-corrected chi connectivity index (χ0v) is 16.4. The van der Waals surface area contributed by atoms with Gasteiger partial charge < -0.3 is 14.2 Å². The average Bonchev–Trinajstić information content (AvgIpc) is 2.64. The second-order valence-electron chi connectivity index (χ2n) is 7.00. The van der Waals surface area contributed by atoms with E-state index < -0.39 is 17.7 Å². The summed E-state index contributed by atoms with van der Waals surface area (Å²) in [7, 11) is 0. The average molecular weight is 383 g/mol. The second-order valence-corrected chi connectivity index (χ2v) is 7.00. The Kier molecular flexibility index (Phi) is 7.21. The molecule has 0 aliphatic rings. The van der Waals surface area contributed by atoms with Gasteiger partial charge in [0.25, 0.3) is 0 Å². The van der Waals surface area contributed by atoms with Gasteiger partial charge in [-0.1, -0.05) is 43.0 Å². The number of carbonyl (C=O) groups is 2. The number of ether oxygens (including phenoxy) is 3. The summed E-state index contributed by atoms with van der Waals surface area (Å²) in [6, 6.07) is 14.2. The molecule has 0 fully saturated rings. The number of rotatable bonds is 7. The van der Waals surface area contributed by atoms with Crippen LogP contribution in [0, 0.1) is 0 Å². The van der Waals surface area contributed by atoms with Crippen molar-refractivity contribution in [3.63, 3.8) is 0 Å². The van der Waals surface area contributed by atoms with E-state index in [0.29, 0.717) is 17.0 Å². The number of carbonyl (C=O) groups excluding carboxylic acids is 2. The second kappa shape index (κ2) is 9.60. The van der Waals surface area contributed by atoms with Crippen LogP contribution in [0.4, 0.5) is 10.5 Å². The Bertz CT molecular complexity index is 825. The molecule has 0 saturated heterocycles. The predicted octanol–water partition coefficient (Wildman–Crippen LogP) is 4.96. The van der Waals surface area contributed by atoms with Crippen molar-refractivity contribution in [2.24, 2.45) is 0 Å².